The van der Waals surface area contributed by atoms with Crippen LogP contribution >= 0.6 is 11.8 Å². The minimum atomic E-state index is 0.324. The van der Waals surface area contributed by atoms with Crippen molar-refractivity contribution in [3.8, 4) is 0 Å². The molecule has 0 spiro atoms. The van der Waals surface area contributed by atoms with Gasteiger partial charge in [0, 0.05) is 22.7 Å². The van der Waals surface area contributed by atoms with E-state index in [1.807, 2.05) is 11.8 Å². The van der Waals surface area contributed by atoms with Gasteiger partial charge in [-0.25, -0.2) is 0 Å². The molecule has 0 saturated heterocycles. The number of rotatable bonds is 4. The van der Waals surface area contributed by atoms with E-state index in [1.165, 1.54) is 23.4 Å². The topological polar surface area (TPSA) is 38.0 Å². The second kappa shape index (κ2) is 5.60. The number of hydrogen-bond acceptors (Lipinski definition) is 3. The zero-order chi connectivity index (χ0) is 11.4. The van der Waals surface area contributed by atoms with Crippen LogP contribution in [0.3, 0.4) is 0 Å². The Morgan fingerprint density at radius 2 is 2.06 bits per heavy atom. The predicted molar refractivity (Wildman–Crippen MR) is 72.1 cm³/mol. The summed E-state index contributed by atoms with van der Waals surface area (Å²) in [7, 11) is 0. The number of anilines is 1. The molecule has 1 aromatic rings. The number of hydrogen-bond donors (Lipinski definition) is 2. The van der Waals surface area contributed by atoms with Gasteiger partial charge >= 0.3 is 0 Å². The van der Waals surface area contributed by atoms with Crippen LogP contribution in [0.4, 0.5) is 5.69 Å². The maximum atomic E-state index is 6.04. The second-order valence-corrected chi connectivity index (χ2v) is 5.64. The van der Waals surface area contributed by atoms with Crippen molar-refractivity contribution in [1.29, 1.82) is 0 Å². The molecule has 2 nitrogen and oxygen atoms in total. The van der Waals surface area contributed by atoms with Gasteiger partial charge in [0.05, 0.1) is 0 Å². The quantitative estimate of drug-likeness (QED) is 0.789. The first-order valence-corrected chi connectivity index (χ1v) is 7.03. The number of benzene rings is 1. The van der Waals surface area contributed by atoms with Gasteiger partial charge in [-0.3, -0.25) is 0 Å². The van der Waals surface area contributed by atoms with Gasteiger partial charge in [-0.1, -0.05) is 6.92 Å². The molecule has 1 fully saturated rings. The van der Waals surface area contributed by atoms with E-state index in [0.717, 1.165) is 12.2 Å². The van der Waals surface area contributed by atoms with Gasteiger partial charge in [-0.2, -0.15) is 0 Å². The molecule has 0 aliphatic heterocycles. The predicted octanol–water partition coefficient (Wildman–Crippen LogP) is 3.09. The van der Waals surface area contributed by atoms with Gasteiger partial charge in [0.2, 0.25) is 0 Å². The van der Waals surface area contributed by atoms with Crippen LogP contribution in [0.5, 0.6) is 0 Å². The lowest BCUT2D eigenvalue weighted by molar-refractivity contribution is 0.638. The molecule has 0 heterocycles. The molecule has 2 atom stereocenters. The molecule has 1 aliphatic carbocycles. The highest BCUT2D eigenvalue weighted by Crippen LogP contribution is 2.24. The molecule has 3 N–H and O–H groups in total. The summed E-state index contributed by atoms with van der Waals surface area (Å²) < 4.78 is 0. The van der Waals surface area contributed by atoms with Crippen molar-refractivity contribution < 1.29 is 0 Å². The normalized spacial score (nSPS) is 24.6. The molecule has 1 saturated carbocycles. The minimum Gasteiger partial charge on any atom is -0.381 e. The number of nitrogens with two attached hydrogens (primary N) is 1. The Hall–Kier alpha value is -0.670. The summed E-state index contributed by atoms with van der Waals surface area (Å²) in [6.45, 7) is 2.17. The van der Waals surface area contributed by atoms with Crippen molar-refractivity contribution in [1.82, 2.24) is 0 Å². The van der Waals surface area contributed by atoms with E-state index in [1.54, 1.807) is 0 Å². The van der Waals surface area contributed by atoms with E-state index in [2.05, 4.69) is 36.5 Å². The van der Waals surface area contributed by atoms with Crippen molar-refractivity contribution >= 4 is 17.4 Å². The average molecular weight is 236 g/mol. The van der Waals surface area contributed by atoms with E-state index in [9.17, 15) is 0 Å². The zero-order valence-corrected chi connectivity index (χ0v) is 10.6. The van der Waals surface area contributed by atoms with Crippen molar-refractivity contribution in [3.63, 3.8) is 0 Å². The first-order valence-electron chi connectivity index (χ1n) is 6.04. The van der Waals surface area contributed by atoms with E-state index in [4.69, 9.17) is 5.73 Å². The standard InChI is InChI=1S/C13H20N2S/c1-2-16-11-8-6-10(7-9-11)15-13-5-3-4-12(13)14/h6-9,12-13,15H,2-5,14H2,1H3. The van der Waals surface area contributed by atoms with Crippen molar-refractivity contribution in [3.05, 3.63) is 24.3 Å². The molecule has 1 aromatic carbocycles. The second-order valence-electron chi connectivity index (χ2n) is 4.30. The molecular formula is C13H20N2S. The van der Waals surface area contributed by atoms with Gasteiger partial charge in [-0.05, 0) is 49.3 Å². The Bertz CT molecular complexity index is 323. The van der Waals surface area contributed by atoms with Crippen LogP contribution in [0.2, 0.25) is 0 Å². The zero-order valence-electron chi connectivity index (χ0n) is 9.78. The maximum Gasteiger partial charge on any atom is 0.0412 e. The molecule has 2 rings (SSSR count). The highest BCUT2D eigenvalue weighted by atomic mass is 32.2. The number of thioether (sulfide) groups is 1. The lowest BCUT2D eigenvalue weighted by Crippen LogP contribution is -2.35. The van der Waals surface area contributed by atoms with Crippen LogP contribution in [0.15, 0.2) is 29.2 Å². The largest absolute Gasteiger partial charge is 0.381 e. The molecule has 16 heavy (non-hydrogen) atoms. The van der Waals surface area contributed by atoms with Gasteiger partial charge < -0.3 is 11.1 Å². The number of nitrogens with one attached hydrogen (secondary N) is 1. The fourth-order valence-corrected chi connectivity index (χ4v) is 2.86. The van der Waals surface area contributed by atoms with Gasteiger partial charge in [0.25, 0.3) is 0 Å². The Morgan fingerprint density at radius 1 is 1.31 bits per heavy atom. The highest BCUT2D eigenvalue weighted by Gasteiger charge is 2.23. The van der Waals surface area contributed by atoms with Crippen molar-refractivity contribution in [2.75, 3.05) is 11.1 Å². The molecule has 1 aliphatic rings. The minimum absolute atomic E-state index is 0.324. The van der Waals surface area contributed by atoms with Crippen LogP contribution < -0.4 is 11.1 Å². The van der Waals surface area contributed by atoms with Crippen molar-refractivity contribution in [2.24, 2.45) is 5.73 Å². The van der Waals surface area contributed by atoms with Crippen LogP contribution in [0, 0.1) is 0 Å². The third-order valence-corrected chi connectivity index (χ3v) is 3.98. The monoisotopic (exact) mass is 236 g/mol. The molecule has 0 bridgehead atoms. The molecule has 3 heteroatoms. The summed E-state index contributed by atoms with van der Waals surface area (Å²) in [4.78, 5) is 1.34. The summed E-state index contributed by atoms with van der Waals surface area (Å²) in [5.41, 5.74) is 7.23. The molecular weight excluding hydrogens is 216 g/mol. The smallest absolute Gasteiger partial charge is 0.0412 e. The highest BCUT2D eigenvalue weighted by molar-refractivity contribution is 7.99. The third kappa shape index (κ3) is 2.92. The summed E-state index contributed by atoms with van der Waals surface area (Å²) in [6.07, 6.45) is 3.61. The first kappa shape index (κ1) is 11.8. The SMILES string of the molecule is CCSc1ccc(NC2CCCC2N)cc1. The van der Waals surface area contributed by atoms with Crippen LogP contribution in [-0.2, 0) is 0 Å². The summed E-state index contributed by atoms with van der Waals surface area (Å²) in [6, 6.07) is 9.45. The van der Waals surface area contributed by atoms with E-state index in [0.29, 0.717) is 12.1 Å². The molecule has 0 radical (unpaired) electrons. The Balaban J connectivity index is 1.94. The van der Waals surface area contributed by atoms with Gasteiger partial charge in [0.1, 0.15) is 0 Å². The van der Waals surface area contributed by atoms with Crippen molar-refractivity contribution in [2.45, 2.75) is 43.2 Å². The van der Waals surface area contributed by atoms with E-state index < -0.39 is 0 Å². The van der Waals surface area contributed by atoms with Crippen LogP contribution in [0.1, 0.15) is 26.2 Å². The molecule has 0 amide bonds. The first-order chi connectivity index (χ1) is 7.79. The van der Waals surface area contributed by atoms with E-state index >= 15 is 0 Å². The molecule has 88 valence electrons. The average Bonchev–Trinajstić information content (AvgIpc) is 2.68. The van der Waals surface area contributed by atoms with Gasteiger partial charge in [-0.15, -0.1) is 11.8 Å². The lowest BCUT2D eigenvalue weighted by atomic mass is 10.2. The Morgan fingerprint density at radius 3 is 2.62 bits per heavy atom. The summed E-state index contributed by atoms with van der Waals surface area (Å²) in [5.74, 6) is 1.13. The Kier molecular flexibility index (Phi) is 4.13. The lowest BCUT2D eigenvalue weighted by Gasteiger charge is -2.18. The molecule has 2 unspecified atom stereocenters. The van der Waals surface area contributed by atoms with Crippen LogP contribution in [0.25, 0.3) is 0 Å². The summed E-state index contributed by atoms with van der Waals surface area (Å²) in [5, 5.41) is 3.53. The fourth-order valence-electron chi connectivity index (χ4n) is 2.20. The van der Waals surface area contributed by atoms with Gasteiger partial charge in [0.15, 0.2) is 0 Å². The maximum absolute atomic E-state index is 6.04. The molecule has 0 aromatic heterocycles. The fraction of sp³-hybridized carbons (Fsp3) is 0.538. The summed E-state index contributed by atoms with van der Waals surface area (Å²) >= 11 is 1.87. The van der Waals surface area contributed by atoms with Crippen LogP contribution in [-0.4, -0.2) is 17.8 Å². The third-order valence-electron chi connectivity index (χ3n) is 3.09. The van der Waals surface area contributed by atoms with E-state index in [-0.39, 0.29) is 0 Å². The Labute approximate surface area is 102 Å².